The number of halogens is 2. The summed E-state index contributed by atoms with van der Waals surface area (Å²) in [6, 6.07) is 12.1. The molecule has 0 amide bonds. The molecule has 2 nitrogen and oxygen atoms in total. The van der Waals surface area contributed by atoms with E-state index in [4.69, 9.17) is 16.3 Å². The molecule has 5 heteroatoms. The fourth-order valence-electron chi connectivity index (χ4n) is 2.00. The summed E-state index contributed by atoms with van der Waals surface area (Å²) >= 11 is 7.74. The Morgan fingerprint density at radius 3 is 2.67 bits per heavy atom. The van der Waals surface area contributed by atoms with Gasteiger partial charge in [0.15, 0.2) is 0 Å². The van der Waals surface area contributed by atoms with E-state index < -0.39 is 0 Å². The van der Waals surface area contributed by atoms with Crippen LogP contribution in [0.2, 0.25) is 5.02 Å². The minimum absolute atomic E-state index is 0.314. The van der Waals surface area contributed by atoms with Crippen molar-refractivity contribution in [3.63, 3.8) is 0 Å². The molecule has 0 N–H and O–H groups in total. The highest BCUT2D eigenvalue weighted by atomic mass is 35.5. The number of ether oxygens (including phenoxy) is 1. The molecule has 108 valence electrons. The quantitative estimate of drug-likeness (QED) is 0.824. The minimum atomic E-state index is -0.344. The lowest BCUT2D eigenvalue weighted by Gasteiger charge is -2.08. The van der Waals surface area contributed by atoms with Crippen molar-refractivity contribution in [2.24, 2.45) is 4.99 Å². The highest BCUT2D eigenvalue weighted by molar-refractivity contribution is 8.14. The van der Waals surface area contributed by atoms with Crippen LogP contribution in [-0.2, 0) is 6.61 Å². The zero-order valence-electron chi connectivity index (χ0n) is 11.2. The average molecular weight is 322 g/mol. The van der Waals surface area contributed by atoms with Crippen LogP contribution < -0.4 is 4.74 Å². The van der Waals surface area contributed by atoms with Gasteiger partial charge in [0, 0.05) is 23.4 Å². The summed E-state index contributed by atoms with van der Waals surface area (Å²) in [6.07, 6.45) is 0. The topological polar surface area (TPSA) is 21.6 Å². The molecule has 1 aliphatic heterocycles. The van der Waals surface area contributed by atoms with E-state index in [1.807, 2.05) is 24.3 Å². The van der Waals surface area contributed by atoms with Crippen LogP contribution in [0, 0.1) is 5.82 Å². The minimum Gasteiger partial charge on any atom is -0.489 e. The summed E-state index contributed by atoms with van der Waals surface area (Å²) in [6.45, 7) is 1.20. The molecule has 0 aliphatic carbocycles. The van der Waals surface area contributed by atoms with Crippen molar-refractivity contribution in [2.75, 3.05) is 12.3 Å². The summed E-state index contributed by atoms with van der Waals surface area (Å²) < 4.78 is 18.6. The lowest BCUT2D eigenvalue weighted by molar-refractivity contribution is 0.306. The fraction of sp³-hybridized carbons (Fsp3) is 0.188. The van der Waals surface area contributed by atoms with Gasteiger partial charge in [-0.25, -0.2) is 4.39 Å². The molecule has 0 radical (unpaired) electrons. The summed E-state index contributed by atoms with van der Waals surface area (Å²) in [5.41, 5.74) is 1.88. The normalized spacial score (nSPS) is 14.1. The molecule has 0 fully saturated rings. The summed E-state index contributed by atoms with van der Waals surface area (Å²) in [4.78, 5) is 4.43. The zero-order valence-corrected chi connectivity index (χ0v) is 12.8. The second kappa shape index (κ2) is 6.50. The van der Waals surface area contributed by atoms with Crippen LogP contribution in [0.1, 0.15) is 11.1 Å². The Morgan fingerprint density at radius 1 is 1.19 bits per heavy atom. The second-order valence-corrected chi connectivity index (χ2v) is 6.07. The molecule has 1 aliphatic rings. The lowest BCUT2D eigenvalue weighted by atomic mass is 10.2. The van der Waals surface area contributed by atoms with E-state index in [0.29, 0.717) is 11.6 Å². The first-order valence-corrected chi connectivity index (χ1v) is 7.93. The van der Waals surface area contributed by atoms with Crippen LogP contribution in [0.25, 0.3) is 0 Å². The van der Waals surface area contributed by atoms with Gasteiger partial charge in [-0.2, -0.15) is 0 Å². The SMILES string of the molecule is Fc1ccc(COc2ccc(C3=NCCS3)cc2)c(Cl)c1. The van der Waals surface area contributed by atoms with E-state index in [1.54, 1.807) is 17.8 Å². The first-order chi connectivity index (χ1) is 10.2. The number of rotatable bonds is 4. The third-order valence-electron chi connectivity index (χ3n) is 3.10. The Morgan fingerprint density at radius 2 is 2.00 bits per heavy atom. The zero-order chi connectivity index (χ0) is 14.7. The standard InChI is InChI=1S/C16H13ClFNOS/c17-15-9-13(18)4-1-12(15)10-20-14-5-2-11(3-6-14)16-19-7-8-21-16/h1-6,9H,7-8,10H2. The molecule has 2 aromatic rings. The van der Waals surface area contributed by atoms with Crippen LogP contribution in [0.4, 0.5) is 4.39 Å². The van der Waals surface area contributed by atoms with E-state index >= 15 is 0 Å². The number of thioether (sulfide) groups is 1. The predicted octanol–water partition coefficient (Wildman–Crippen LogP) is 4.55. The largest absolute Gasteiger partial charge is 0.489 e. The summed E-state index contributed by atoms with van der Waals surface area (Å²) in [5, 5.41) is 1.46. The number of aliphatic imine (C=N–C) groups is 1. The van der Waals surface area contributed by atoms with Crippen molar-refractivity contribution in [2.45, 2.75) is 6.61 Å². The van der Waals surface area contributed by atoms with Crippen LogP contribution in [0.5, 0.6) is 5.75 Å². The molecule has 0 aromatic heterocycles. The molecule has 0 saturated heterocycles. The van der Waals surface area contributed by atoms with E-state index in [9.17, 15) is 4.39 Å². The Kier molecular flexibility index (Phi) is 4.46. The van der Waals surface area contributed by atoms with Gasteiger partial charge in [-0.1, -0.05) is 17.7 Å². The van der Waals surface area contributed by atoms with Gasteiger partial charge in [-0.05, 0) is 36.4 Å². The van der Waals surface area contributed by atoms with Crippen molar-refractivity contribution in [3.8, 4) is 5.75 Å². The highest BCUT2D eigenvalue weighted by Gasteiger charge is 2.09. The van der Waals surface area contributed by atoms with Crippen molar-refractivity contribution >= 4 is 28.4 Å². The first-order valence-electron chi connectivity index (χ1n) is 6.57. The van der Waals surface area contributed by atoms with Gasteiger partial charge in [0.1, 0.15) is 18.2 Å². The Labute approximate surface area is 132 Å². The van der Waals surface area contributed by atoms with Crippen molar-refractivity contribution in [1.29, 1.82) is 0 Å². The number of nitrogens with zero attached hydrogens (tertiary/aromatic N) is 1. The lowest BCUT2D eigenvalue weighted by Crippen LogP contribution is -1.97. The third-order valence-corrected chi connectivity index (χ3v) is 4.47. The van der Waals surface area contributed by atoms with Gasteiger partial charge in [0.25, 0.3) is 0 Å². The molecule has 1 heterocycles. The second-order valence-electron chi connectivity index (χ2n) is 4.58. The highest BCUT2D eigenvalue weighted by Crippen LogP contribution is 2.23. The maximum Gasteiger partial charge on any atom is 0.124 e. The van der Waals surface area contributed by atoms with Crippen LogP contribution in [0.3, 0.4) is 0 Å². The molecule has 2 aromatic carbocycles. The summed E-state index contributed by atoms with van der Waals surface area (Å²) in [7, 11) is 0. The molecule has 0 atom stereocenters. The Hall–Kier alpha value is -1.52. The first kappa shape index (κ1) is 14.4. The maximum atomic E-state index is 13.0. The Balaban J connectivity index is 1.65. The van der Waals surface area contributed by atoms with Crippen LogP contribution in [-0.4, -0.2) is 17.3 Å². The predicted molar refractivity (Wildman–Crippen MR) is 86.0 cm³/mol. The molecule has 3 rings (SSSR count). The third kappa shape index (κ3) is 3.57. The molecule has 21 heavy (non-hydrogen) atoms. The van der Waals surface area contributed by atoms with Gasteiger partial charge in [0.2, 0.25) is 0 Å². The van der Waals surface area contributed by atoms with E-state index in [0.717, 1.165) is 34.2 Å². The van der Waals surface area contributed by atoms with E-state index in [1.165, 1.54) is 12.1 Å². The summed E-state index contributed by atoms with van der Waals surface area (Å²) in [5.74, 6) is 1.46. The van der Waals surface area contributed by atoms with Gasteiger partial charge in [-0.3, -0.25) is 4.99 Å². The van der Waals surface area contributed by atoms with E-state index in [2.05, 4.69) is 4.99 Å². The van der Waals surface area contributed by atoms with Gasteiger partial charge < -0.3 is 4.74 Å². The maximum absolute atomic E-state index is 13.0. The smallest absolute Gasteiger partial charge is 0.124 e. The number of hydrogen-bond acceptors (Lipinski definition) is 3. The Bertz CT molecular complexity index is 672. The van der Waals surface area contributed by atoms with Crippen LogP contribution >= 0.6 is 23.4 Å². The molecular formula is C16H13ClFNOS. The molecule has 0 spiro atoms. The fourth-order valence-corrected chi connectivity index (χ4v) is 3.09. The monoisotopic (exact) mass is 321 g/mol. The van der Waals surface area contributed by atoms with Crippen molar-refractivity contribution in [3.05, 3.63) is 64.4 Å². The number of benzene rings is 2. The molecule has 0 bridgehead atoms. The van der Waals surface area contributed by atoms with Crippen molar-refractivity contribution < 1.29 is 9.13 Å². The molecule has 0 unspecified atom stereocenters. The van der Waals surface area contributed by atoms with Gasteiger partial charge >= 0.3 is 0 Å². The van der Waals surface area contributed by atoms with E-state index in [-0.39, 0.29) is 5.82 Å². The van der Waals surface area contributed by atoms with Crippen molar-refractivity contribution in [1.82, 2.24) is 0 Å². The average Bonchev–Trinajstić information content (AvgIpc) is 3.01. The number of hydrogen-bond donors (Lipinski definition) is 0. The van der Waals surface area contributed by atoms with Gasteiger partial charge in [-0.15, -0.1) is 11.8 Å². The molecule has 0 saturated carbocycles. The molecular weight excluding hydrogens is 309 g/mol. The van der Waals surface area contributed by atoms with Gasteiger partial charge in [0.05, 0.1) is 10.1 Å². The van der Waals surface area contributed by atoms with Crippen LogP contribution in [0.15, 0.2) is 47.5 Å².